The van der Waals surface area contributed by atoms with Crippen LogP contribution in [0.4, 0.5) is 0 Å². The third kappa shape index (κ3) is 62.7. The largest absolute Gasteiger partial charge is 0.472 e. The van der Waals surface area contributed by atoms with E-state index in [9.17, 15) is 19.0 Å². The number of phosphoric acid groups is 1. The van der Waals surface area contributed by atoms with E-state index in [4.69, 9.17) is 24.3 Å². The summed E-state index contributed by atoms with van der Waals surface area (Å²) in [5, 5.41) is 0. The van der Waals surface area contributed by atoms with Gasteiger partial charge in [0, 0.05) is 19.4 Å². The number of hydrogen-bond donors (Lipinski definition) is 2. The summed E-state index contributed by atoms with van der Waals surface area (Å²) in [5.41, 5.74) is 5.38. The number of unbranched alkanes of at least 4 members (excludes halogenated alkanes) is 17. The van der Waals surface area contributed by atoms with Crippen LogP contribution < -0.4 is 5.73 Å². The second-order valence-electron chi connectivity index (χ2n) is 19.8. The number of hydrogen-bond acceptors (Lipinski definition) is 8. The van der Waals surface area contributed by atoms with Crippen molar-refractivity contribution in [1.82, 2.24) is 0 Å². The van der Waals surface area contributed by atoms with Crippen LogP contribution >= 0.6 is 7.82 Å². The standard InChI is InChI=1S/C69H112NO8P/c1-3-5-7-9-11-13-15-17-19-21-23-25-26-27-28-29-30-31-32-33-34-35-36-37-38-39-40-42-44-46-48-50-52-54-56-58-60-62-69(72)78-67(66-77-79(73,74)76-64-63-70)65-75-68(71)61-59-57-55-53-51-49-47-45-43-41-24-22-20-18-16-14-12-10-8-6-4-2/h5,7,11,13,16-19,22-25,27-28,30-31,33-34,36-37,39-40,43-46,67H,3-4,6,8-10,12,14-15,20-21,26,29,32,35,38,41-42,47-66,70H2,1-2H3,(H,73,74)/b7-5-,13-11-,18-16-,19-17-,24-22-,25-23-,28-27-,31-30-,34-33-,37-36-,40-39-,45-43-,46-44-. The number of phosphoric ester groups is 1. The van der Waals surface area contributed by atoms with Crippen LogP contribution in [0.25, 0.3) is 0 Å². The Morgan fingerprint density at radius 1 is 0.392 bits per heavy atom. The van der Waals surface area contributed by atoms with Crippen LogP contribution in [0.3, 0.4) is 0 Å². The molecular weight excluding hydrogens is 1000 g/mol. The van der Waals surface area contributed by atoms with Crippen molar-refractivity contribution in [3.63, 3.8) is 0 Å². The van der Waals surface area contributed by atoms with Crippen molar-refractivity contribution in [3.05, 3.63) is 158 Å². The average molecular weight is 1110 g/mol. The van der Waals surface area contributed by atoms with Gasteiger partial charge in [0.15, 0.2) is 6.10 Å². The quantitative estimate of drug-likeness (QED) is 0.0264. The molecule has 0 bridgehead atoms. The zero-order valence-electron chi connectivity index (χ0n) is 49.8. The van der Waals surface area contributed by atoms with Crippen LogP contribution in [0.15, 0.2) is 158 Å². The lowest BCUT2D eigenvalue weighted by molar-refractivity contribution is -0.161. The first kappa shape index (κ1) is 74.6. The number of carbonyl (C=O) groups is 2. The Balaban J connectivity index is 4.07. The normalized spacial score (nSPS) is 14.1. The van der Waals surface area contributed by atoms with E-state index < -0.39 is 32.5 Å². The Bertz CT molecular complexity index is 1850. The van der Waals surface area contributed by atoms with Crippen molar-refractivity contribution in [2.75, 3.05) is 26.4 Å². The van der Waals surface area contributed by atoms with Gasteiger partial charge < -0.3 is 20.1 Å². The van der Waals surface area contributed by atoms with Crippen LogP contribution in [-0.2, 0) is 32.7 Å². The molecule has 0 aromatic heterocycles. The summed E-state index contributed by atoms with van der Waals surface area (Å²) in [7, 11) is -4.41. The molecule has 0 aliphatic carbocycles. The summed E-state index contributed by atoms with van der Waals surface area (Å²) >= 11 is 0. The van der Waals surface area contributed by atoms with Crippen LogP contribution in [0.2, 0.25) is 0 Å². The van der Waals surface area contributed by atoms with Crippen molar-refractivity contribution in [2.24, 2.45) is 5.73 Å². The number of allylic oxidation sites excluding steroid dienone is 26. The Hall–Kier alpha value is -4.37. The monoisotopic (exact) mass is 1110 g/mol. The van der Waals surface area contributed by atoms with Crippen molar-refractivity contribution in [2.45, 2.75) is 238 Å². The van der Waals surface area contributed by atoms with Gasteiger partial charge in [-0.2, -0.15) is 0 Å². The molecule has 2 atom stereocenters. The van der Waals surface area contributed by atoms with Crippen LogP contribution in [0, 0.1) is 0 Å². The predicted octanol–water partition coefficient (Wildman–Crippen LogP) is 20.1. The van der Waals surface area contributed by atoms with E-state index in [1.54, 1.807) is 0 Å². The summed E-state index contributed by atoms with van der Waals surface area (Å²) in [5.74, 6) is -0.870. The lowest BCUT2D eigenvalue weighted by Gasteiger charge is -2.19. The molecular formula is C69H112NO8P. The molecule has 9 nitrogen and oxygen atoms in total. The first-order valence-electron chi connectivity index (χ1n) is 31.0. The van der Waals surface area contributed by atoms with Crippen molar-refractivity contribution >= 4 is 19.8 Å². The zero-order valence-corrected chi connectivity index (χ0v) is 50.7. The van der Waals surface area contributed by atoms with E-state index in [2.05, 4.69) is 172 Å². The first-order chi connectivity index (χ1) is 38.8. The van der Waals surface area contributed by atoms with E-state index in [1.165, 1.54) is 38.5 Å². The number of ether oxygens (including phenoxy) is 2. The second-order valence-corrected chi connectivity index (χ2v) is 21.3. The predicted molar refractivity (Wildman–Crippen MR) is 339 cm³/mol. The van der Waals surface area contributed by atoms with Gasteiger partial charge in [-0.1, -0.05) is 249 Å². The molecule has 0 radical (unpaired) electrons. The minimum absolute atomic E-state index is 0.0401. The molecule has 0 spiro atoms. The van der Waals surface area contributed by atoms with Crippen molar-refractivity contribution < 1.29 is 37.6 Å². The zero-order chi connectivity index (χ0) is 57.3. The molecule has 0 aliphatic rings. The molecule has 446 valence electrons. The molecule has 0 saturated heterocycles. The topological polar surface area (TPSA) is 134 Å². The fraction of sp³-hybridized carbons (Fsp3) is 0.594. The third-order valence-electron chi connectivity index (χ3n) is 12.4. The SMILES string of the molecule is CC/C=C\C/C=C\C/C=C\C/C=C\C/C=C\C/C=C\C/C=C\C/C=C\C/C=C\C/C=C\CCCCCCCCC(=O)OC(COC(=O)CCCCCCCC/C=C\C/C=C\C/C=C\CCCCCCC)COP(=O)(O)OCCN. The summed E-state index contributed by atoms with van der Waals surface area (Å²) < 4.78 is 33.0. The molecule has 0 fully saturated rings. The second kappa shape index (κ2) is 62.8. The maximum Gasteiger partial charge on any atom is 0.472 e. The van der Waals surface area contributed by atoms with Gasteiger partial charge in [0.2, 0.25) is 0 Å². The summed E-state index contributed by atoms with van der Waals surface area (Å²) in [6, 6.07) is 0. The Morgan fingerprint density at radius 2 is 0.696 bits per heavy atom. The summed E-state index contributed by atoms with van der Waals surface area (Å²) in [4.78, 5) is 35.2. The lowest BCUT2D eigenvalue weighted by atomic mass is 10.1. The molecule has 2 unspecified atom stereocenters. The highest BCUT2D eigenvalue weighted by atomic mass is 31.2. The van der Waals surface area contributed by atoms with Gasteiger partial charge in [-0.25, -0.2) is 4.57 Å². The minimum atomic E-state index is -4.41. The fourth-order valence-corrected chi connectivity index (χ4v) is 8.61. The number of esters is 2. The van der Waals surface area contributed by atoms with E-state index in [0.29, 0.717) is 12.8 Å². The molecule has 10 heteroatoms. The average Bonchev–Trinajstić information content (AvgIpc) is 3.44. The molecule has 0 rings (SSSR count). The molecule has 0 amide bonds. The van der Waals surface area contributed by atoms with Crippen LogP contribution in [0.1, 0.15) is 232 Å². The highest BCUT2D eigenvalue weighted by molar-refractivity contribution is 7.47. The maximum atomic E-state index is 12.7. The molecule has 0 heterocycles. The minimum Gasteiger partial charge on any atom is -0.462 e. The van der Waals surface area contributed by atoms with Gasteiger partial charge in [-0.3, -0.25) is 18.6 Å². The lowest BCUT2D eigenvalue weighted by Crippen LogP contribution is -2.29. The first-order valence-corrected chi connectivity index (χ1v) is 32.5. The van der Waals surface area contributed by atoms with Crippen LogP contribution in [-0.4, -0.2) is 49.3 Å². The Morgan fingerprint density at radius 3 is 1.04 bits per heavy atom. The van der Waals surface area contributed by atoms with Gasteiger partial charge in [0.1, 0.15) is 6.61 Å². The molecule has 0 aliphatic heterocycles. The van der Waals surface area contributed by atoms with Crippen LogP contribution in [0.5, 0.6) is 0 Å². The summed E-state index contributed by atoms with van der Waals surface area (Å²) in [6.07, 6.45) is 91.5. The van der Waals surface area contributed by atoms with Gasteiger partial charge in [-0.15, -0.1) is 0 Å². The fourth-order valence-electron chi connectivity index (χ4n) is 7.85. The van der Waals surface area contributed by atoms with E-state index in [1.807, 2.05) is 0 Å². The summed E-state index contributed by atoms with van der Waals surface area (Å²) in [6.45, 7) is 3.57. The van der Waals surface area contributed by atoms with Crippen molar-refractivity contribution in [3.8, 4) is 0 Å². The van der Waals surface area contributed by atoms with Gasteiger partial charge >= 0.3 is 19.8 Å². The van der Waals surface area contributed by atoms with Gasteiger partial charge in [0.25, 0.3) is 0 Å². The maximum absolute atomic E-state index is 12.7. The molecule has 0 saturated carbocycles. The van der Waals surface area contributed by atoms with Crippen molar-refractivity contribution in [1.29, 1.82) is 0 Å². The smallest absolute Gasteiger partial charge is 0.462 e. The Kier molecular flexibility index (Phi) is 59.3. The number of carbonyl (C=O) groups excluding carboxylic acids is 2. The molecule has 0 aromatic carbocycles. The highest BCUT2D eigenvalue weighted by Crippen LogP contribution is 2.43. The number of nitrogens with two attached hydrogens (primary N) is 1. The van der Waals surface area contributed by atoms with E-state index in [0.717, 1.165) is 154 Å². The van der Waals surface area contributed by atoms with Gasteiger partial charge in [-0.05, 0) is 128 Å². The molecule has 0 aromatic rings. The molecule has 79 heavy (non-hydrogen) atoms. The third-order valence-corrected chi connectivity index (χ3v) is 13.4. The van der Waals surface area contributed by atoms with E-state index in [-0.39, 0.29) is 32.6 Å². The molecule has 3 N–H and O–H groups in total. The highest BCUT2D eigenvalue weighted by Gasteiger charge is 2.26. The van der Waals surface area contributed by atoms with Gasteiger partial charge in [0.05, 0.1) is 13.2 Å². The number of rotatable bonds is 56. The Labute approximate surface area is 483 Å². The van der Waals surface area contributed by atoms with E-state index >= 15 is 0 Å².